The van der Waals surface area contributed by atoms with Gasteiger partial charge in [0.2, 0.25) is 0 Å². The zero-order chi connectivity index (χ0) is 18.5. The third kappa shape index (κ3) is 4.31. The van der Waals surface area contributed by atoms with Crippen LogP contribution >= 0.6 is 23.2 Å². The molecule has 7 heteroatoms. The van der Waals surface area contributed by atoms with Crippen molar-refractivity contribution < 1.29 is 4.79 Å². The largest absolute Gasteiger partial charge is 0.340 e. The molecule has 26 heavy (non-hydrogen) atoms. The van der Waals surface area contributed by atoms with Crippen molar-refractivity contribution in [2.24, 2.45) is 0 Å². The number of nitrogens with one attached hydrogen (secondary N) is 2. The van der Waals surface area contributed by atoms with E-state index in [0.29, 0.717) is 32.7 Å². The first-order valence-electron chi connectivity index (χ1n) is 7.55. The van der Waals surface area contributed by atoms with Crippen LogP contribution in [-0.2, 0) is 0 Å². The SMILES string of the molecule is N#Cc1ccc(Nc2cc(C(=O)Nc3cc(Cl)ccc3Cl)ccn2)cc1. The molecule has 1 amide bonds. The highest BCUT2D eigenvalue weighted by atomic mass is 35.5. The number of carbonyl (C=O) groups is 1. The summed E-state index contributed by atoms with van der Waals surface area (Å²) in [7, 11) is 0. The number of nitriles is 1. The number of halogens is 2. The summed E-state index contributed by atoms with van der Waals surface area (Å²) in [6, 6.07) is 17.0. The fourth-order valence-electron chi connectivity index (χ4n) is 2.20. The van der Waals surface area contributed by atoms with Gasteiger partial charge in [0.15, 0.2) is 0 Å². The third-order valence-corrected chi connectivity index (χ3v) is 4.05. The van der Waals surface area contributed by atoms with Gasteiger partial charge in [-0.25, -0.2) is 4.98 Å². The number of pyridine rings is 1. The molecule has 2 aromatic carbocycles. The zero-order valence-electron chi connectivity index (χ0n) is 13.3. The molecule has 1 heterocycles. The molecule has 3 rings (SSSR count). The minimum Gasteiger partial charge on any atom is -0.340 e. The standard InChI is InChI=1S/C19H12Cl2N4O/c20-14-3-6-16(21)17(10-14)25-19(26)13-7-8-23-18(9-13)24-15-4-1-12(11-22)2-5-15/h1-10H,(H,23,24)(H,25,26). The molecular weight excluding hydrogens is 371 g/mol. The monoisotopic (exact) mass is 382 g/mol. The first-order chi connectivity index (χ1) is 12.5. The molecule has 0 unspecified atom stereocenters. The van der Waals surface area contributed by atoms with Crippen LogP contribution in [0.25, 0.3) is 0 Å². The van der Waals surface area contributed by atoms with Gasteiger partial charge in [-0.15, -0.1) is 0 Å². The number of hydrogen-bond acceptors (Lipinski definition) is 4. The van der Waals surface area contributed by atoms with Crippen LogP contribution in [0.15, 0.2) is 60.8 Å². The van der Waals surface area contributed by atoms with Crippen molar-refractivity contribution in [3.63, 3.8) is 0 Å². The van der Waals surface area contributed by atoms with Crippen molar-refractivity contribution in [3.05, 3.63) is 82.0 Å². The van der Waals surface area contributed by atoms with Crippen LogP contribution in [0.3, 0.4) is 0 Å². The van der Waals surface area contributed by atoms with E-state index in [1.807, 2.05) is 0 Å². The number of aromatic nitrogens is 1. The molecular formula is C19H12Cl2N4O. The van der Waals surface area contributed by atoms with Gasteiger partial charge in [-0.05, 0) is 54.6 Å². The molecule has 0 bridgehead atoms. The van der Waals surface area contributed by atoms with Crippen LogP contribution in [0.2, 0.25) is 10.0 Å². The molecule has 2 N–H and O–H groups in total. The Kier molecular flexibility index (Phi) is 5.37. The second-order valence-electron chi connectivity index (χ2n) is 5.32. The van der Waals surface area contributed by atoms with Crippen LogP contribution in [0.1, 0.15) is 15.9 Å². The van der Waals surface area contributed by atoms with Crippen LogP contribution in [0.5, 0.6) is 0 Å². The van der Waals surface area contributed by atoms with Crippen LogP contribution in [0, 0.1) is 11.3 Å². The second-order valence-corrected chi connectivity index (χ2v) is 6.17. The molecule has 5 nitrogen and oxygen atoms in total. The highest BCUT2D eigenvalue weighted by Crippen LogP contribution is 2.26. The molecule has 0 aliphatic rings. The van der Waals surface area contributed by atoms with E-state index in [4.69, 9.17) is 28.5 Å². The third-order valence-electron chi connectivity index (χ3n) is 3.49. The fourth-order valence-corrected chi connectivity index (χ4v) is 2.54. The van der Waals surface area contributed by atoms with E-state index < -0.39 is 0 Å². The van der Waals surface area contributed by atoms with E-state index in [9.17, 15) is 4.79 Å². The summed E-state index contributed by atoms with van der Waals surface area (Å²) < 4.78 is 0. The molecule has 0 radical (unpaired) electrons. The lowest BCUT2D eigenvalue weighted by Crippen LogP contribution is -2.12. The Morgan fingerprint density at radius 1 is 1.04 bits per heavy atom. The van der Waals surface area contributed by atoms with Gasteiger partial charge in [0.1, 0.15) is 5.82 Å². The number of carbonyl (C=O) groups excluding carboxylic acids is 1. The molecule has 0 fully saturated rings. The Labute approximate surface area is 160 Å². The topological polar surface area (TPSA) is 77.8 Å². The molecule has 0 aliphatic carbocycles. The summed E-state index contributed by atoms with van der Waals surface area (Å²) >= 11 is 12.0. The molecule has 3 aromatic rings. The van der Waals surface area contributed by atoms with Gasteiger partial charge in [-0.2, -0.15) is 5.26 Å². The Morgan fingerprint density at radius 3 is 2.54 bits per heavy atom. The number of amides is 1. The van der Waals surface area contributed by atoms with E-state index >= 15 is 0 Å². The summed E-state index contributed by atoms with van der Waals surface area (Å²) in [4.78, 5) is 16.7. The first kappa shape index (κ1) is 17.7. The molecule has 0 saturated carbocycles. The van der Waals surface area contributed by atoms with Crippen LogP contribution in [0.4, 0.5) is 17.2 Å². The summed E-state index contributed by atoms with van der Waals surface area (Å²) in [5, 5.41) is 15.5. The summed E-state index contributed by atoms with van der Waals surface area (Å²) in [6.45, 7) is 0. The number of nitrogens with zero attached hydrogens (tertiary/aromatic N) is 2. The maximum Gasteiger partial charge on any atom is 0.255 e. The van der Waals surface area contributed by atoms with Gasteiger partial charge in [0, 0.05) is 22.5 Å². The highest BCUT2D eigenvalue weighted by molar-refractivity contribution is 6.35. The van der Waals surface area contributed by atoms with Gasteiger partial charge >= 0.3 is 0 Å². The normalized spacial score (nSPS) is 10.0. The first-order valence-corrected chi connectivity index (χ1v) is 8.30. The van der Waals surface area contributed by atoms with E-state index in [1.54, 1.807) is 54.6 Å². The van der Waals surface area contributed by atoms with E-state index in [-0.39, 0.29) is 5.91 Å². The quantitative estimate of drug-likeness (QED) is 0.645. The number of benzene rings is 2. The van der Waals surface area contributed by atoms with Crippen molar-refractivity contribution in [3.8, 4) is 6.07 Å². The average molecular weight is 383 g/mol. The van der Waals surface area contributed by atoms with Crippen molar-refractivity contribution in [1.29, 1.82) is 5.26 Å². The Morgan fingerprint density at radius 2 is 1.81 bits per heavy atom. The average Bonchev–Trinajstić information content (AvgIpc) is 2.65. The van der Waals surface area contributed by atoms with Crippen molar-refractivity contribution in [2.45, 2.75) is 0 Å². The molecule has 0 spiro atoms. The van der Waals surface area contributed by atoms with Crippen molar-refractivity contribution in [1.82, 2.24) is 4.98 Å². The minimum absolute atomic E-state index is 0.334. The lowest BCUT2D eigenvalue weighted by Gasteiger charge is -2.10. The zero-order valence-corrected chi connectivity index (χ0v) is 14.8. The predicted molar refractivity (Wildman–Crippen MR) is 103 cm³/mol. The van der Waals surface area contributed by atoms with E-state index in [1.165, 1.54) is 6.20 Å². The Bertz CT molecular complexity index is 997. The maximum atomic E-state index is 12.5. The maximum absolute atomic E-state index is 12.5. The van der Waals surface area contributed by atoms with Gasteiger partial charge in [-0.3, -0.25) is 4.79 Å². The van der Waals surface area contributed by atoms with Gasteiger partial charge in [0.05, 0.1) is 22.3 Å². The number of anilines is 3. The molecule has 0 saturated heterocycles. The predicted octanol–water partition coefficient (Wildman–Crippen LogP) is 5.26. The highest BCUT2D eigenvalue weighted by Gasteiger charge is 2.10. The second kappa shape index (κ2) is 7.87. The Balaban J connectivity index is 1.76. The summed E-state index contributed by atoms with van der Waals surface area (Å²) in [6.07, 6.45) is 1.53. The molecule has 1 aromatic heterocycles. The summed E-state index contributed by atoms with van der Waals surface area (Å²) in [5.74, 6) is 0.166. The molecule has 0 atom stereocenters. The lowest BCUT2D eigenvalue weighted by molar-refractivity contribution is 0.102. The molecule has 128 valence electrons. The number of hydrogen-bond donors (Lipinski definition) is 2. The van der Waals surface area contributed by atoms with E-state index in [2.05, 4.69) is 21.7 Å². The van der Waals surface area contributed by atoms with E-state index in [0.717, 1.165) is 5.69 Å². The van der Waals surface area contributed by atoms with Gasteiger partial charge in [0.25, 0.3) is 5.91 Å². The molecule has 0 aliphatic heterocycles. The minimum atomic E-state index is -0.334. The summed E-state index contributed by atoms with van der Waals surface area (Å²) in [5.41, 5.74) is 2.16. The van der Waals surface area contributed by atoms with Crippen LogP contribution < -0.4 is 10.6 Å². The smallest absolute Gasteiger partial charge is 0.255 e. The van der Waals surface area contributed by atoms with Crippen molar-refractivity contribution in [2.75, 3.05) is 10.6 Å². The van der Waals surface area contributed by atoms with Crippen LogP contribution in [-0.4, -0.2) is 10.9 Å². The fraction of sp³-hybridized carbons (Fsp3) is 0. The Hall–Kier alpha value is -3.07. The lowest BCUT2D eigenvalue weighted by atomic mass is 10.2. The van der Waals surface area contributed by atoms with Gasteiger partial charge in [-0.1, -0.05) is 23.2 Å². The number of rotatable bonds is 4. The van der Waals surface area contributed by atoms with Gasteiger partial charge < -0.3 is 10.6 Å². The van der Waals surface area contributed by atoms with Crippen molar-refractivity contribution >= 4 is 46.3 Å².